The summed E-state index contributed by atoms with van der Waals surface area (Å²) in [5.41, 5.74) is 4.50. The van der Waals surface area contributed by atoms with Gasteiger partial charge in [0.1, 0.15) is 5.69 Å². The first-order valence-electron chi connectivity index (χ1n) is 7.00. The number of nitrogens with one attached hydrogen (secondary N) is 2. The molecule has 2 heterocycles. The van der Waals surface area contributed by atoms with Crippen LogP contribution in [-0.2, 0) is 0 Å². The molecule has 0 spiro atoms. The number of pyridine rings is 1. The number of amides is 1. The molecule has 1 atom stereocenters. The second-order valence-electron chi connectivity index (χ2n) is 5.16. The third kappa shape index (κ3) is 3.11. The van der Waals surface area contributed by atoms with E-state index in [1.165, 1.54) is 12.2 Å². The number of para-hydroxylation sites is 1. The third-order valence-corrected chi connectivity index (χ3v) is 4.91. The van der Waals surface area contributed by atoms with Crippen molar-refractivity contribution >= 4 is 34.3 Å². The van der Waals surface area contributed by atoms with Gasteiger partial charge in [0.15, 0.2) is 0 Å². The van der Waals surface area contributed by atoms with Crippen molar-refractivity contribution in [2.24, 2.45) is 11.8 Å². The van der Waals surface area contributed by atoms with Crippen LogP contribution in [0.25, 0.3) is 10.9 Å². The quantitative estimate of drug-likeness (QED) is 0.594. The summed E-state index contributed by atoms with van der Waals surface area (Å²) in [5, 5.41) is 3.88. The first kappa shape index (κ1) is 14.2. The maximum Gasteiger partial charge on any atom is 0.269 e. The van der Waals surface area contributed by atoms with Gasteiger partial charge in [-0.25, -0.2) is 4.98 Å². The molecule has 5 nitrogen and oxygen atoms in total. The molecule has 0 radical (unpaired) electrons. The fourth-order valence-electron chi connectivity index (χ4n) is 2.48. The van der Waals surface area contributed by atoms with E-state index in [2.05, 4.69) is 15.7 Å². The van der Waals surface area contributed by atoms with E-state index in [4.69, 9.17) is 5.84 Å². The van der Waals surface area contributed by atoms with Crippen molar-refractivity contribution in [3.05, 3.63) is 36.0 Å². The van der Waals surface area contributed by atoms with E-state index in [1.54, 1.807) is 6.07 Å². The number of nitrogen functional groups attached to an aromatic ring is 1. The van der Waals surface area contributed by atoms with Crippen molar-refractivity contribution < 1.29 is 4.79 Å². The molecular formula is C15H18N4OS. The lowest BCUT2D eigenvalue weighted by Crippen LogP contribution is -2.30. The number of anilines is 1. The van der Waals surface area contributed by atoms with Crippen molar-refractivity contribution in [3.8, 4) is 0 Å². The van der Waals surface area contributed by atoms with E-state index in [9.17, 15) is 4.79 Å². The van der Waals surface area contributed by atoms with E-state index in [0.29, 0.717) is 23.8 Å². The molecule has 0 bridgehead atoms. The second kappa shape index (κ2) is 6.32. The minimum absolute atomic E-state index is 0.144. The number of carbonyl (C=O) groups excluding carboxylic acids is 1. The number of nitrogens with zero attached hydrogens (tertiary/aromatic N) is 1. The number of rotatable bonds is 4. The maximum atomic E-state index is 12.3. The summed E-state index contributed by atoms with van der Waals surface area (Å²) in [7, 11) is 0. The van der Waals surface area contributed by atoms with Gasteiger partial charge in [-0.3, -0.25) is 10.6 Å². The van der Waals surface area contributed by atoms with Crippen molar-refractivity contribution in [1.82, 2.24) is 10.3 Å². The summed E-state index contributed by atoms with van der Waals surface area (Å²) in [6, 6.07) is 9.31. The Hall–Kier alpha value is -1.79. The average molecular weight is 302 g/mol. The third-order valence-electron chi connectivity index (χ3n) is 3.68. The van der Waals surface area contributed by atoms with Crippen LogP contribution >= 0.6 is 11.8 Å². The molecule has 1 saturated heterocycles. The summed E-state index contributed by atoms with van der Waals surface area (Å²) < 4.78 is 0. The lowest BCUT2D eigenvalue weighted by Gasteiger charge is -2.11. The van der Waals surface area contributed by atoms with Crippen molar-refractivity contribution in [1.29, 1.82) is 0 Å². The summed E-state index contributed by atoms with van der Waals surface area (Å²) >= 11 is 1.94. The molecule has 1 amide bonds. The summed E-state index contributed by atoms with van der Waals surface area (Å²) in [5.74, 6) is 8.29. The number of hydrogen-bond donors (Lipinski definition) is 3. The highest BCUT2D eigenvalue weighted by Crippen LogP contribution is 2.24. The molecule has 21 heavy (non-hydrogen) atoms. The molecule has 1 aromatic heterocycles. The Morgan fingerprint density at radius 2 is 2.29 bits per heavy atom. The van der Waals surface area contributed by atoms with Crippen LogP contribution in [0, 0.1) is 5.92 Å². The lowest BCUT2D eigenvalue weighted by atomic mass is 10.1. The predicted octanol–water partition coefficient (Wildman–Crippen LogP) is 2.00. The van der Waals surface area contributed by atoms with Crippen molar-refractivity contribution in [2.75, 3.05) is 23.5 Å². The molecule has 1 aromatic carbocycles. The summed E-state index contributed by atoms with van der Waals surface area (Å²) in [4.78, 5) is 16.7. The van der Waals surface area contributed by atoms with Gasteiger partial charge in [0, 0.05) is 11.9 Å². The molecule has 2 aromatic rings. The number of thioether (sulfide) groups is 1. The van der Waals surface area contributed by atoms with Crippen molar-refractivity contribution in [2.45, 2.75) is 6.42 Å². The van der Waals surface area contributed by atoms with Gasteiger partial charge in [-0.15, -0.1) is 0 Å². The smallest absolute Gasteiger partial charge is 0.269 e. The number of hydrogen-bond acceptors (Lipinski definition) is 5. The minimum Gasteiger partial charge on any atom is -0.350 e. The van der Waals surface area contributed by atoms with Crippen LogP contribution in [-0.4, -0.2) is 28.9 Å². The highest BCUT2D eigenvalue weighted by molar-refractivity contribution is 7.99. The first-order valence-corrected chi connectivity index (χ1v) is 8.16. The van der Waals surface area contributed by atoms with Crippen LogP contribution in [0.15, 0.2) is 30.3 Å². The van der Waals surface area contributed by atoms with Crippen LogP contribution in [0.3, 0.4) is 0 Å². The van der Waals surface area contributed by atoms with Crippen LogP contribution in [0.1, 0.15) is 16.9 Å². The topological polar surface area (TPSA) is 80.0 Å². The molecule has 0 aliphatic carbocycles. The highest BCUT2D eigenvalue weighted by Gasteiger charge is 2.17. The van der Waals surface area contributed by atoms with E-state index in [1.807, 2.05) is 36.0 Å². The molecule has 1 unspecified atom stereocenters. The van der Waals surface area contributed by atoms with E-state index in [0.717, 1.165) is 16.7 Å². The predicted molar refractivity (Wildman–Crippen MR) is 87.3 cm³/mol. The van der Waals surface area contributed by atoms with Crippen LogP contribution in [0.5, 0.6) is 0 Å². The number of hydrazine groups is 1. The number of carbonyl (C=O) groups is 1. The number of fused-ring (bicyclic) bond motifs is 1. The van der Waals surface area contributed by atoms with Gasteiger partial charge in [-0.05, 0) is 36.0 Å². The molecule has 110 valence electrons. The van der Waals surface area contributed by atoms with Gasteiger partial charge in [0.25, 0.3) is 5.91 Å². The van der Waals surface area contributed by atoms with E-state index < -0.39 is 0 Å². The molecule has 1 aliphatic rings. The monoisotopic (exact) mass is 302 g/mol. The van der Waals surface area contributed by atoms with E-state index >= 15 is 0 Å². The Morgan fingerprint density at radius 3 is 3.05 bits per heavy atom. The fraction of sp³-hybridized carbons (Fsp3) is 0.333. The molecule has 0 saturated carbocycles. The summed E-state index contributed by atoms with van der Waals surface area (Å²) in [6.07, 6.45) is 1.17. The largest absolute Gasteiger partial charge is 0.350 e. The summed E-state index contributed by atoms with van der Waals surface area (Å²) in [6.45, 7) is 0.714. The molecule has 4 N–H and O–H groups in total. The zero-order valence-electron chi connectivity index (χ0n) is 11.6. The normalized spacial score (nSPS) is 17.9. The van der Waals surface area contributed by atoms with Crippen molar-refractivity contribution in [3.63, 3.8) is 0 Å². The maximum absolute atomic E-state index is 12.3. The Kier molecular flexibility index (Phi) is 4.26. The fourth-order valence-corrected chi connectivity index (χ4v) is 3.77. The second-order valence-corrected chi connectivity index (χ2v) is 6.31. The van der Waals surface area contributed by atoms with Gasteiger partial charge in [-0.2, -0.15) is 11.8 Å². The van der Waals surface area contributed by atoms with Gasteiger partial charge in [0.05, 0.1) is 11.2 Å². The first-order chi connectivity index (χ1) is 10.3. The molecule has 3 rings (SSSR count). The Labute approximate surface area is 127 Å². The number of nitrogens with two attached hydrogens (primary N) is 1. The van der Waals surface area contributed by atoms with Crippen LogP contribution in [0.4, 0.5) is 5.69 Å². The van der Waals surface area contributed by atoms with Crippen LogP contribution in [0.2, 0.25) is 0 Å². The molecular weight excluding hydrogens is 284 g/mol. The SMILES string of the molecule is NNc1cc(C(=O)NCC2CCSC2)nc2ccccc12. The zero-order chi connectivity index (χ0) is 14.7. The Balaban J connectivity index is 1.80. The zero-order valence-corrected chi connectivity index (χ0v) is 12.5. The van der Waals surface area contributed by atoms with E-state index in [-0.39, 0.29) is 5.91 Å². The number of aromatic nitrogens is 1. The molecule has 1 aliphatic heterocycles. The standard InChI is InChI=1S/C15H18N4OS/c16-19-13-7-14(18-12-4-2-1-3-11(12)13)15(20)17-8-10-5-6-21-9-10/h1-4,7,10H,5-6,8-9,16H2,(H,17,20)(H,18,19). The van der Waals surface area contributed by atoms with Crippen LogP contribution < -0.4 is 16.6 Å². The minimum atomic E-state index is -0.144. The number of benzene rings is 1. The lowest BCUT2D eigenvalue weighted by molar-refractivity contribution is 0.0944. The molecule has 1 fully saturated rings. The Bertz CT molecular complexity index is 655. The van der Waals surface area contributed by atoms with Gasteiger partial charge in [0.2, 0.25) is 0 Å². The van der Waals surface area contributed by atoms with Gasteiger partial charge in [-0.1, -0.05) is 18.2 Å². The molecule has 6 heteroatoms. The van der Waals surface area contributed by atoms with Gasteiger partial charge >= 0.3 is 0 Å². The van der Waals surface area contributed by atoms with Gasteiger partial charge < -0.3 is 10.7 Å². The Morgan fingerprint density at radius 1 is 1.43 bits per heavy atom. The average Bonchev–Trinajstić information content (AvgIpc) is 3.04. The highest BCUT2D eigenvalue weighted by atomic mass is 32.2.